The molecule has 0 spiro atoms. The molecule has 10 heteroatoms. The van der Waals surface area contributed by atoms with Crippen molar-refractivity contribution >= 4 is 7.82 Å². The molecule has 0 atom stereocenters. The van der Waals surface area contributed by atoms with Gasteiger partial charge in [0.2, 0.25) is 6.79 Å². The predicted molar refractivity (Wildman–Crippen MR) is 23.8 cm³/mol. The molecule has 0 unspecified atom stereocenters. The van der Waals surface area contributed by atoms with E-state index >= 15 is 0 Å². The van der Waals surface area contributed by atoms with E-state index in [9.17, 15) is 0 Å². The van der Waals surface area contributed by atoms with Gasteiger partial charge >= 0.3 is 154 Å². The van der Waals surface area contributed by atoms with Gasteiger partial charge in [-0.25, -0.2) is 0 Å². The molecule has 0 saturated heterocycles. The van der Waals surface area contributed by atoms with Crippen LogP contribution in [0.25, 0.3) is 0 Å². The summed E-state index contributed by atoms with van der Waals surface area (Å²) in [5, 5.41) is 0. The second-order valence-corrected chi connectivity index (χ2v) is 2.06. The van der Waals surface area contributed by atoms with Crippen molar-refractivity contribution in [1.82, 2.24) is 0 Å². The predicted octanol–water partition coefficient (Wildman–Crippen LogP) is -11.4. The molecular weight excluding hydrogens is 280 g/mol. The van der Waals surface area contributed by atoms with Crippen molar-refractivity contribution in [1.29, 1.82) is 0 Å². The molecule has 1 rings (SSSR count). The third-order valence-electron chi connectivity index (χ3n) is 0.384. The Labute approximate surface area is 204 Å². The maximum Gasteiger partial charge on any atom is 1.00 e. The van der Waals surface area contributed by atoms with Crippen molar-refractivity contribution in [3.8, 4) is 0 Å². The zero-order chi connectivity index (χ0) is 8.04. The summed E-state index contributed by atoms with van der Waals surface area (Å²) in [6, 6.07) is 0. The van der Waals surface area contributed by atoms with E-state index in [2.05, 4.69) is 9.47 Å². The molecule has 0 amide bonds. The van der Waals surface area contributed by atoms with Gasteiger partial charge in [-0.05, 0) is 0 Å². The first-order valence-electron chi connectivity index (χ1n) is 2.11. The summed E-state index contributed by atoms with van der Waals surface area (Å²) in [4.78, 5) is 25.6. The monoisotopic (exact) mass is 284 g/mol. The third kappa shape index (κ3) is 38.5. The summed E-state index contributed by atoms with van der Waals surface area (Å²) in [6.45, 7) is 0.389. The van der Waals surface area contributed by atoms with Crippen LogP contribution in [0.5, 0.6) is 0 Å². The minimum atomic E-state index is -5.39. The SMILES string of the molecule is C1=COCO1.O=P([O-])([O-])[O-].[K+].[K+].[K+]. The molecule has 1 aliphatic rings. The van der Waals surface area contributed by atoms with Crippen LogP contribution in [-0.4, -0.2) is 6.79 Å². The van der Waals surface area contributed by atoms with Crippen molar-refractivity contribution in [3.05, 3.63) is 12.5 Å². The minimum absolute atomic E-state index is 0. The maximum absolute atomic E-state index is 8.55. The Morgan fingerprint density at radius 1 is 1.00 bits per heavy atom. The van der Waals surface area contributed by atoms with E-state index < -0.39 is 7.82 Å². The number of hydrogen-bond donors (Lipinski definition) is 0. The van der Waals surface area contributed by atoms with Crippen molar-refractivity contribution in [3.63, 3.8) is 0 Å². The zero-order valence-electron chi connectivity index (χ0n) is 7.76. The first kappa shape index (κ1) is 26.0. The Bertz CT molecular complexity index is 143. The van der Waals surface area contributed by atoms with Gasteiger partial charge in [0.25, 0.3) is 0 Å². The normalized spacial score (nSPS) is 11.3. The summed E-state index contributed by atoms with van der Waals surface area (Å²) >= 11 is 0. The minimum Gasteiger partial charge on any atom is -0.822 e. The molecule has 0 aromatic carbocycles. The van der Waals surface area contributed by atoms with Crippen LogP contribution in [0.1, 0.15) is 0 Å². The number of rotatable bonds is 0. The van der Waals surface area contributed by atoms with E-state index in [4.69, 9.17) is 19.2 Å². The first-order valence-corrected chi connectivity index (χ1v) is 3.57. The molecule has 0 bridgehead atoms. The van der Waals surface area contributed by atoms with Gasteiger partial charge < -0.3 is 28.7 Å². The second-order valence-electron chi connectivity index (χ2n) is 1.17. The second kappa shape index (κ2) is 16.4. The Balaban J connectivity index is -0.0000000506. The summed E-state index contributed by atoms with van der Waals surface area (Å²) in [7, 11) is -5.39. The van der Waals surface area contributed by atoms with E-state index in [0.717, 1.165) is 0 Å². The molecule has 6 nitrogen and oxygen atoms in total. The molecule has 0 aromatic rings. The van der Waals surface area contributed by atoms with Crippen LogP contribution in [0.4, 0.5) is 0 Å². The fraction of sp³-hybridized carbons (Fsp3) is 0.333. The van der Waals surface area contributed by atoms with Gasteiger partial charge in [-0.3, -0.25) is 0 Å². The zero-order valence-corrected chi connectivity index (χ0v) is 18.0. The summed E-state index contributed by atoms with van der Waals surface area (Å²) in [5.74, 6) is 0. The topological polar surface area (TPSA) is 105 Å². The number of ether oxygens (including phenoxy) is 2. The molecule has 0 radical (unpaired) electrons. The van der Waals surface area contributed by atoms with E-state index in [-0.39, 0.29) is 154 Å². The van der Waals surface area contributed by atoms with E-state index in [0.29, 0.717) is 6.79 Å². The van der Waals surface area contributed by atoms with Gasteiger partial charge in [0.1, 0.15) is 12.5 Å². The maximum atomic E-state index is 8.55. The van der Waals surface area contributed by atoms with Crippen LogP contribution in [0, 0.1) is 0 Å². The average Bonchev–Trinajstić information content (AvgIpc) is 2.07. The largest absolute Gasteiger partial charge is 1.00 e. The van der Waals surface area contributed by atoms with Crippen molar-refractivity contribution in [2.75, 3.05) is 6.79 Å². The Kier molecular flexibility index (Phi) is 32.8. The van der Waals surface area contributed by atoms with E-state index in [1.807, 2.05) is 0 Å². The Morgan fingerprint density at radius 3 is 1.31 bits per heavy atom. The molecule has 0 saturated carbocycles. The van der Waals surface area contributed by atoms with Gasteiger partial charge in [-0.15, -0.1) is 0 Å². The third-order valence-corrected chi connectivity index (χ3v) is 0.384. The van der Waals surface area contributed by atoms with Crippen LogP contribution in [-0.2, 0) is 14.0 Å². The molecule has 13 heavy (non-hydrogen) atoms. The first-order chi connectivity index (χ1) is 4.50. The molecule has 0 aliphatic carbocycles. The van der Waals surface area contributed by atoms with Gasteiger partial charge in [0.15, 0.2) is 0 Å². The molecule has 0 N–H and O–H groups in total. The number of phosphoric acid groups is 1. The van der Waals surface area contributed by atoms with E-state index in [1.54, 1.807) is 0 Å². The fourth-order valence-corrected chi connectivity index (χ4v) is 0.196. The Morgan fingerprint density at radius 2 is 1.23 bits per heavy atom. The molecule has 0 aromatic heterocycles. The van der Waals surface area contributed by atoms with Crippen LogP contribution in [0.15, 0.2) is 12.5 Å². The molecule has 1 aliphatic heterocycles. The van der Waals surface area contributed by atoms with Gasteiger partial charge in [0.05, 0.1) is 0 Å². The molecule has 1 heterocycles. The van der Waals surface area contributed by atoms with Crippen molar-refractivity contribution in [2.45, 2.75) is 0 Å². The fourth-order valence-electron chi connectivity index (χ4n) is 0.196. The van der Waals surface area contributed by atoms with Crippen LogP contribution < -0.4 is 169 Å². The van der Waals surface area contributed by atoms with Crippen LogP contribution in [0.3, 0.4) is 0 Å². The summed E-state index contributed by atoms with van der Waals surface area (Å²) < 4.78 is 17.6. The summed E-state index contributed by atoms with van der Waals surface area (Å²) in [6.07, 6.45) is 3.03. The standard InChI is InChI=1S/C3H4O2.3K.H3O4P/c1-2-5-3-4-1;;;;1-5(2,3)4/h1-2H,3H2;;;;(H3,1,2,3,4)/q;3*+1;/p-3. The van der Waals surface area contributed by atoms with Crippen LogP contribution >= 0.6 is 7.82 Å². The number of hydrogen-bond acceptors (Lipinski definition) is 6. The molecular formula is C3H4K3O6P. The summed E-state index contributed by atoms with van der Waals surface area (Å²) in [5.41, 5.74) is 0. The molecule has 60 valence electrons. The van der Waals surface area contributed by atoms with Crippen molar-refractivity contribution in [2.24, 2.45) is 0 Å². The van der Waals surface area contributed by atoms with Gasteiger partial charge in [0, 0.05) is 0 Å². The van der Waals surface area contributed by atoms with Crippen molar-refractivity contribution < 1.29 is 183 Å². The van der Waals surface area contributed by atoms with E-state index in [1.165, 1.54) is 12.5 Å². The smallest absolute Gasteiger partial charge is 0.822 e. The Hall–Kier alpha value is 4.36. The van der Waals surface area contributed by atoms with Gasteiger partial charge in [-0.1, -0.05) is 0 Å². The average molecular weight is 284 g/mol. The molecule has 0 fully saturated rings. The van der Waals surface area contributed by atoms with Crippen LogP contribution in [0.2, 0.25) is 0 Å². The van der Waals surface area contributed by atoms with Gasteiger partial charge in [-0.2, -0.15) is 7.82 Å². The quantitative estimate of drug-likeness (QED) is 0.323.